The van der Waals surface area contributed by atoms with Crippen LogP contribution in [0.3, 0.4) is 0 Å². The Labute approximate surface area is 114 Å². The number of halogens is 2. The number of nitrogens with one attached hydrogen (secondary N) is 1. The number of hydrogen-bond acceptors (Lipinski definition) is 3. The third-order valence-electron chi connectivity index (χ3n) is 2.41. The van der Waals surface area contributed by atoms with E-state index in [4.69, 9.17) is 17.0 Å². The average molecular weight is 282 g/mol. The Balaban J connectivity index is 2.43. The van der Waals surface area contributed by atoms with Crippen LogP contribution >= 0.6 is 12.2 Å². The third kappa shape index (κ3) is 3.65. The number of aromatic amines is 1. The Kier molecular flexibility index (Phi) is 4.34. The van der Waals surface area contributed by atoms with Crippen LogP contribution < -0.4 is 0 Å². The quantitative estimate of drug-likeness (QED) is 0.870. The summed E-state index contributed by atoms with van der Waals surface area (Å²) in [6.45, 7) is 2.67. The van der Waals surface area contributed by atoms with Crippen molar-refractivity contribution in [3.63, 3.8) is 0 Å². The van der Waals surface area contributed by atoms with Gasteiger partial charge in [0.25, 0.3) is 0 Å². The van der Waals surface area contributed by atoms with Gasteiger partial charge in [-0.15, -0.1) is 0 Å². The van der Waals surface area contributed by atoms with Crippen LogP contribution in [0.15, 0.2) is 24.3 Å². The van der Waals surface area contributed by atoms with Crippen molar-refractivity contribution in [2.24, 2.45) is 0 Å². The van der Waals surface area contributed by atoms with Crippen LogP contribution in [0.1, 0.15) is 12.7 Å². The lowest BCUT2D eigenvalue weighted by Gasteiger charge is -2.06. The van der Waals surface area contributed by atoms with Gasteiger partial charge in [-0.2, -0.15) is 0 Å². The minimum atomic E-state index is -0.641. The molecule has 0 aliphatic heterocycles. The molecule has 2 aromatic rings. The first-order valence-corrected chi connectivity index (χ1v) is 6.13. The highest BCUT2D eigenvalue weighted by Crippen LogP contribution is 2.20. The maximum absolute atomic E-state index is 13.2. The van der Waals surface area contributed by atoms with Crippen molar-refractivity contribution >= 4 is 12.2 Å². The minimum absolute atomic E-state index is 0.270. The molecule has 0 atom stereocenters. The molecule has 6 heteroatoms. The molecule has 0 saturated heterocycles. The van der Waals surface area contributed by atoms with Gasteiger partial charge >= 0.3 is 0 Å². The summed E-state index contributed by atoms with van der Waals surface area (Å²) in [5.41, 5.74) is 0.886. The van der Waals surface area contributed by atoms with E-state index in [1.807, 2.05) is 6.92 Å². The first kappa shape index (κ1) is 13.8. The maximum atomic E-state index is 13.2. The molecule has 2 rings (SSSR count). The summed E-state index contributed by atoms with van der Waals surface area (Å²) < 4.78 is 32.0. The van der Waals surface area contributed by atoms with Gasteiger partial charge in [-0.1, -0.05) is 12.2 Å². The summed E-state index contributed by atoms with van der Waals surface area (Å²) >= 11 is 5.03. The van der Waals surface area contributed by atoms with Gasteiger partial charge in [-0.05, 0) is 25.1 Å². The molecule has 0 saturated carbocycles. The van der Waals surface area contributed by atoms with E-state index in [-0.39, 0.29) is 6.61 Å². The van der Waals surface area contributed by atoms with E-state index < -0.39 is 11.6 Å². The minimum Gasteiger partial charge on any atom is -0.374 e. The molecular weight excluding hydrogens is 270 g/mol. The van der Waals surface area contributed by atoms with Crippen LogP contribution in [0.2, 0.25) is 0 Å². The average Bonchev–Trinajstić information content (AvgIpc) is 2.34. The molecule has 100 valence electrons. The number of aromatic nitrogens is 2. The van der Waals surface area contributed by atoms with E-state index in [1.54, 1.807) is 6.07 Å². The molecule has 0 spiro atoms. The van der Waals surface area contributed by atoms with E-state index in [2.05, 4.69) is 9.97 Å². The van der Waals surface area contributed by atoms with Crippen LogP contribution in [0, 0.1) is 16.3 Å². The topological polar surface area (TPSA) is 37.9 Å². The van der Waals surface area contributed by atoms with Gasteiger partial charge in [0.15, 0.2) is 0 Å². The van der Waals surface area contributed by atoms with Crippen LogP contribution in [0.25, 0.3) is 11.3 Å². The van der Waals surface area contributed by atoms with E-state index in [0.717, 1.165) is 6.07 Å². The lowest BCUT2D eigenvalue weighted by Crippen LogP contribution is -2.01. The first-order chi connectivity index (χ1) is 9.08. The highest BCUT2D eigenvalue weighted by atomic mass is 32.1. The number of benzene rings is 1. The number of ether oxygens (including phenoxy) is 1. The van der Waals surface area contributed by atoms with Crippen LogP contribution in [0.4, 0.5) is 8.78 Å². The molecule has 0 fully saturated rings. The fraction of sp³-hybridized carbons (Fsp3) is 0.231. The molecule has 1 N–H and O–H groups in total. The van der Waals surface area contributed by atoms with Gasteiger partial charge < -0.3 is 9.72 Å². The van der Waals surface area contributed by atoms with Crippen molar-refractivity contribution in [2.45, 2.75) is 13.5 Å². The van der Waals surface area contributed by atoms with Crippen molar-refractivity contribution in [3.8, 4) is 11.3 Å². The van der Waals surface area contributed by atoms with Crippen molar-refractivity contribution in [3.05, 3.63) is 46.4 Å². The first-order valence-electron chi connectivity index (χ1n) is 5.73. The van der Waals surface area contributed by atoms with Gasteiger partial charge in [0, 0.05) is 23.9 Å². The summed E-state index contributed by atoms with van der Waals surface area (Å²) in [5, 5.41) is 0. The molecule has 0 aliphatic rings. The monoisotopic (exact) mass is 282 g/mol. The standard InChI is InChI=1S/C13H12F2N2OS/c1-2-18-7-12-16-11(6-13(19)17-12)8-3-9(14)5-10(15)4-8/h3-6H,2,7H2,1H3,(H,16,17,19). The molecule has 0 aliphatic carbocycles. The van der Waals surface area contributed by atoms with Gasteiger partial charge in [0.1, 0.15) is 28.7 Å². The molecule has 3 nitrogen and oxygen atoms in total. The molecule has 0 radical (unpaired) electrons. The van der Waals surface area contributed by atoms with Crippen LogP contribution in [-0.2, 0) is 11.3 Å². The summed E-state index contributed by atoms with van der Waals surface area (Å²) in [4.78, 5) is 7.04. The fourth-order valence-electron chi connectivity index (χ4n) is 1.64. The Morgan fingerprint density at radius 2 is 1.89 bits per heavy atom. The second-order valence-electron chi connectivity index (χ2n) is 3.88. The molecule has 0 amide bonds. The maximum Gasteiger partial charge on any atom is 0.134 e. The lowest BCUT2D eigenvalue weighted by molar-refractivity contribution is 0.128. The molecule has 1 aromatic heterocycles. The predicted molar refractivity (Wildman–Crippen MR) is 70.1 cm³/mol. The Bertz CT molecular complexity index is 623. The fourth-order valence-corrected chi connectivity index (χ4v) is 1.87. The second-order valence-corrected chi connectivity index (χ2v) is 4.29. The smallest absolute Gasteiger partial charge is 0.134 e. The Morgan fingerprint density at radius 1 is 1.21 bits per heavy atom. The highest BCUT2D eigenvalue weighted by Gasteiger charge is 2.06. The molecule has 19 heavy (non-hydrogen) atoms. The summed E-state index contributed by atoms with van der Waals surface area (Å²) in [6.07, 6.45) is 0. The molecule has 1 aromatic carbocycles. The number of hydrogen-bond donors (Lipinski definition) is 1. The number of nitrogens with zero attached hydrogens (tertiary/aromatic N) is 1. The zero-order valence-corrected chi connectivity index (χ0v) is 11.1. The summed E-state index contributed by atoms with van der Waals surface area (Å²) in [6, 6.07) is 4.84. The largest absolute Gasteiger partial charge is 0.374 e. The van der Waals surface area contributed by atoms with E-state index in [1.165, 1.54) is 12.1 Å². The molecular formula is C13H12F2N2OS. The Morgan fingerprint density at radius 3 is 2.53 bits per heavy atom. The lowest BCUT2D eigenvalue weighted by atomic mass is 10.1. The van der Waals surface area contributed by atoms with Crippen molar-refractivity contribution < 1.29 is 13.5 Å². The summed E-state index contributed by atoms with van der Waals surface area (Å²) in [5.74, 6) is -0.760. The zero-order valence-electron chi connectivity index (χ0n) is 10.2. The van der Waals surface area contributed by atoms with Crippen molar-refractivity contribution in [2.75, 3.05) is 6.61 Å². The normalized spacial score (nSPS) is 10.7. The van der Waals surface area contributed by atoms with Gasteiger partial charge in [-0.25, -0.2) is 13.8 Å². The number of rotatable bonds is 4. The summed E-state index contributed by atoms with van der Waals surface area (Å²) in [7, 11) is 0. The predicted octanol–water partition coefficient (Wildman–Crippen LogP) is 3.62. The van der Waals surface area contributed by atoms with Crippen molar-refractivity contribution in [1.82, 2.24) is 9.97 Å². The van der Waals surface area contributed by atoms with Gasteiger partial charge in [-0.3, -0.25) is 0 Å². The van der Waals surface area contributed by atoms with Crippen molar-refractivity contribution in [1.29, 1.82) is 0 Å². The molecule has 1 heterocycles. The van der Waals surface area contributed by atoms with Crippen LogP contribution in [0.5, 0.6) is 0 Å². The third-order valence-corrected chi connectivity index (χ3v) is 2.62. The van der Waals surface area contributed by atoms with E-state index in [9.17, 15) is 8.78 Å². The van der Waals surface area contributed by atoms with E-state index >= 15 is 0 Å². The molecule has 0 unspecified atom stereocenters. The molecule has 0 bridgehead atoms. The SMILES string of the molecule is CCOCc1nc(=S)cc(-c2cc(F)cc(F)c2)[nH]1. The zero-order chi connectivity index (χ0) is 13.8. The Hall–Kier alpha value is -1.66. The van der Waals surface area contributed by atoms with Crippen LogP contribution in [-0.4, -0.2) is 16.6 Å². The number of H-pyrrole nitrogens is 1. The van der Waals surface area contributed by atoms with Gasteiger partial charge in [0.2, 0.25) is 0 Å². The van der Waals surface area contributed by atoms with E-state index in [0.29, 0.717) is 28.3 Å². The van der Waals surface area contributed by atoms with Gasteiger partial charge in [0.05, 0.1) is 0 Å². The second kappa shape index (κ2) is 5.99. The highest BCUT2D eigenvalue weighted by molar-refractivity contribution is 7.71.